The highest BCUT2D eigenvalue weighted by molar-refractivity contribution is 6.29. The van der Waals surface area contributed by atoms with Gasteiger partial charge in [-0.1, -0.05) is 49.7 Å². The zero-order valence-corrected chi connectivity index (χ0v) is 11.1. The van der Waals surface area contributed by atoms with Gasteiger partial charge in [0.15, 0.2) is 5.78 Å². The molecule has 0 aliphatic heterocycles. The molecule has 2 aromatic rings. The molecule has 2 rings (SSSR count). The zero-order chi connectivity index (χ0) is 13.1. The third kappa shape index (κ3) is 2.77. The van der Waals surface area contributed by atoms with Crippen LogP contribution in [-0.2, 0) is 0 Å². The Morgan fingerprint density at radius 2 is 1.67 bits per heavy atom. The van der Waals surface area contributed by atoms with Crippen molar-refractivity contribution in [2.24, 2.45) is 5.92 Å². The number of nitrogens with zero attached hydrogens (tertiary/aromatic N) is 1. The van der Waals surface area contributed by atoms with E-state index in [0.717, 1.165) is 16.7 Å². The predicted molar refractivity (Wildman–Crippen MR) is 73.9 cm³/mol. The molecular weight excluding hydrogens is 246 g/mol. The molecule has 0 radical (unpaired) electrons. The molecule has 1 heterocycles. The fourth-order valence-electron chi connectivity index (χ4n) is 1.71. The average molecular weight is 260 g/mol. The monoisotopic (exact) mass is 259 g/mol. The lowest BCUT2D eigenvalue weighted by atomic mass is 9.98. The highest BCUT2D eigenvalue weighted by Crippen LogP contribution is 2.21. The molecule has 0 atom stereocenters. The van der Waals surface area contributed by atoms with Crippen LogP contribution in [0.25, 0.3) is 11.1 Å². The van der Waals surface area contributed by atoms with Crippen molar-refractivity contribution < 1.29 is 4.79 Å². The molecule has 0 fully saturated rings. The molecule has 3 heteroatoms. The molecule has 92 valence electrons. The van der Waals surface area contributed by atoms with Gasteiger partial charge in [-0.3, -0.25) is 4.79 Å². The molecule has 0 aliphatic carbocycles. The van der Waals surface area contributed by atoms with Crippen LogP contribution in [-0.4, -0.2) is 10.8 Å². The third-order valence-corrected chi connectivity index (χ3v) is 2.98. The lowest BCUT2D eigenvalue weighted by molar-refractivity contribution is 0.0939. The first-order valence-corrected chi connectivity index (χ1v) is 6.22. The van der Waals surface area contributed by atoms with Crippen LogP contribution in [0.5, 0.6) is 0 Å². The Balaban J connectivity index is 2.27. The Morgan fingerprint density at radius 3 is 2.17 bits per heavy atom. The Hall–Kier alpha value is -1.67. The minimum absolute atomic E-state index is 0.0213. The Labute approximate surface area is 112 Å². The maximum atomic E-state index is 11.8. The van der Waals surface area contributed by atoms with Crippen LogP contribution in [0.3, 0.4) is 0 Å². The first-order chi connectivity index (χ1) is 8.58. The van der Waals surface area contributed by atoms with Crippen molar-refractivity contribution in [1.82, 2.24) is 4.98 Å². The van der Waals surface area contributed by atoms with E-state index in [9.17, 15) is 4.79 Å². The minimum Gasteiger partial charge on any atom is -0.294 e. The largest absolute Gasteiger partial charge is 0.294 e. The van der Waals surface area contributed by atoms with Crippen LogP contribution < -0.4 is 0 Å². The quantitative estimate of drug-likeness (QED) is 0.610. The summed E-state index contributed by atoms with van der Waals surface area (Å²) in [4.78, 5) is 15.8. The number of carbonyl (C=O) groups excluding carboxylic acids is 1. The van der Waals surface area contributed by atoms with Gasteiger partial charge >= 0.3 is 0 Å². The molecule has 0 unspecified atom stereocenters. The molecule has 0 N–H and O–H groups in total. The average Bonchev–Trinajstić information content (AvgIpc) is 2.39. The van der Waals surface area contributed by atoms with Gasteiger partial charge in [0.25, 0.3) is 0 Å². The van der Waals surface area contributed by atoms with Crippen LogP contribution in [0.15, 0.2) is 42.6 Å². The van der Waals surface area contributed by atoms with E-state index >= 15 is 0 Å². The summed E-state index contributed by atoms with van der Waals surface area (Å²) < 4.78 is 0. The summed E-state index contributed by atoms with van der Waals surface area (Å²) in [5.74, 6) is 0.184. The van der Waals surface area contributed by atoms with Crippen molar-refractivity contribution in [3.05, 3.63) is 53.3 Å². The minimum atomic E-state index is 0.0213. The number of benzene rings is 1. The van der Waals surface area contributed by atoms with Crippen LogP contribution in [0.1, 0.15) is 24.2 Å². The summed E-state index contributed by atoms with van der Waals surface area (Å²) in [6.45, 7) is 3.80. The molecule has 0 saturated heterocycles. The summed E-state index contributed by atoms with van der Waals surface area (Å²) in [7, 11) is 0. The van der Waals surface area contributed by atoms with E-state index < -0.39 is 0 Å². The van der Waals surface area contributed by atoms with E-state index in [4.69, 9.17) is 11.6 Å². The van der Waals surface area contributed by atoms with Crippen molar-refractivity contribution in [2.45, 2.75) is 13.8 Å². The number of carbonyl (C=O) groups is 1. The maximum Gasteiger partial charge on any atom is 0.165 e. The Bertz CT molecular complexity index is 544. The standard InChI is InChI=1S/C15H14ClNO/c1-10(2)15(18)12-5-3-11(4-6-12)13-7-8-14(16)17-9-13/h3-10H,1-2H3. The van der Waals surface area contributed by atoms with Crippen LogP contribution in [0.2, 0.25) is 5.15 Å². The summed E-state index contributed by atoms with van der Waals surface area (Å²) in [5, 5.41) is 0.477. The lowest BCUT2D eigenvalue weighted by Crippen LogP contribution is -2.06. The van der Waals surface area contributed by atoms with E-state index in [2.05, 4.69) is 4.98 Å². The first kappa shape index (κ1) is 12.8. The van der Waals surface area contributed by atoms with Crippen molar-refractivity contribution in [3.8, 4) is 11.1 Å². The van der Waals surface area contributed by atoms with Gasteiger partial charge in [-0.2, -0.15) is 0 Å². The first-order valence-electron chi connectivity index (χ1n) is 5.84. The van der Waals surface area contributed by atoms with E-state index in [1.807, 2.05) is 44.2 Å². The molecular formula is C15H14ClNO. The molecule has 1 aromatic carbocycles. The van der Waals surface area contributed by atoms with Crippen molar-refractivity contribution in [1.29, 1.82) is 0 Å². The fraction of sp³-hybridized carbons (Fsp3) is 0.200. The predicted octanol–water partition coefficient (Wildman–Crippen LogP) is 4.24. The van der Waals surface area contributed by atoms with Crippen molar-refractivity contribution in [2.75, 3.05) is 0 Å². The van der Waals surface area contributed by atoms with Gasteiger partial charge < -0.3 is 0 Å². The molecule has 0 saturated carbocycles. The third-order valence-electron chi connectivity index (χ3n) is 2.75. The number of hydrogen-bond donors (Lipinski definition) is 0. The number of hydrogen-bond acceptors (Lipinski definition) is 2. The molecule has 1 aromatic heterocycles. The normalized spacial score (nSPS) is 10.7. The number of rotatable bonds is 3. The van der Waals surface area contributed by atoms with Crippen molar-refractivity contribution >= 4 is 17.4 Å². The number of ketones is 1. The SMILES string of the molecule is CC(C)C(=O)c1ccc(-c2ccc(Cl)nc2)cc1. The van der Waals surface area contributed by atoms with Gasteiger partial charge in [0.2, 0.25) is 0 Å². The topological polar surface area (TPSA) is 30.0 Å². The maximum absolute atomic E-state index is 11.8. The molecule has 2 nitrogen and oxygen atoms in total. The van der Waals surface area contributed by atoms with Gasteiger partial charge in [-0.25, -0.2) is 4.98 Å². The molecule has 0 aliphatic rings. The number of aromatic nitrogens is 1. The van der Waals surface area contributed by atoms with E-state index in [1.165, 1.54) is 0 Å². The number of halogens is 1. The lowest BCUT2D eigenvalue weighted by Gasteiger charge is -2.06. The van der Waals surface area contributed by atoms with Crippen LogP contribution >= 0.6 is 11.6 Å². The molecule has 0 amide bonds. The Morgan fingerprint density at radius 1 is 1.06 bits per heavy atom. The van der Waals surface area contributed by atoms with E-state index in [0.29, 0.717) is 5.15 Å². The fourth-order valence-corrected chi connectivity index (χ4v) is 1.82. The highest BCUT2D eigenvalue weighted by Gasteiger charge is 2.10. The summed E-state index contributed by atoms with van der Waals surface area (Å²) >= 11 is 5.74. The second-order valence-corrected chi connectivity index (χ2v) is 4.85. The Kier molecular flexibility index (Phi) is 3.78. The molecule has 18 heavy (non-hydrogen) atoms. The van der Waals surface area contributed by atoms with Crippen LogP contribution in [0.4, 0.5) is 0 Å². The van der Waals surface area contributed by atoms with Crippen LogP contribution in [0, 0.1) is 5.92 Å². The highest BCUT2D eigenvalue weighted by atomic mass is 35.5. The van der Waals surface area contributed by atoms with E-state index in [-0.39, 0.29) is 11.7 Å². The second-order valence-electron chi connectivity index (χ2n) is 4.47. The zero-order valence-electron chi connectivity index (χ0n) is 10.4. The van der Waals surface area contributed by atoms with Crippen molar-refractivity contribution in [3.63, 3.8) is 0 Å². The van der Waals surface area contributed by atoms with Gasteiger partial charge in [0.1, 0.15) is 5.15 Å². The smallest absolute Gasteiger partial charge is 0.165 e. The second kappa shape index (κ2) is 5.32. The van der Waals surface area contributed by atoms with Gasteiger partial charge in [-0.15, -0.1) is 0 Å². The molecule has 0 spiro atoms. The summed E-state index contributed by atoms with van der Waals surface area (Å²) in [5.41, 5.74) is 2.76. The van der Waals surface area contributed by atoms with Gasteiger partial charge in [0, 0.05) is 23.2 Å². The van der Waals surface area contributed by atoms with Gasteiger partial charge in [0.05, 0.1) is 0 Å². The van der Waals surface area contributed by atoms with E-state index in [1.54, 1.807) is 12.3 Å². The number of Topliss-reactive ketones (excluding diaryl/α,β-unsaturated/α-hetero) is 1. The molecule has 0 bridgehead atoms. The van der Waals surface area contributed by atoms with Gasteiger partial charge in [-0.05, 0) is 17.7 Å². The number of pyridine rings is 1. The summed E-state index contributed by atoms with van der Waals surface area (Å²) in [6, 6.07) is 11.2. The summed E-state index contributed by atoms with van der Waals surface area (Å²) in [6.07, 6.45) is 1.72.